The molecule has 1 saturated carbocycles. The van der Waals surface area contributed by atoms with Gasteiger partial charge in [0.1, 0.15) is 6.10 Å². The van der Waals surface area contributed by atoms with Crippen LogP contribution in [0.5, 0.6) is 0 Å². The molecule has 2 aliphatic carbocycles. The predicted octanol–water partition coefficient (Wildman–Crippen LogP) is 3.87. The predicted molar refractivity (Wildman–Crippen MR) is 106 cm³/mol. The van der Waals surface area contributed by atoms with Crippen LogP contribution in [-0.2, 0) is 9.53 Å². The monoisotopic (exact) mass is 375 g/mol. The van der Waals surface area contributed by atoms with Gasteiger partial charge in [-0.15, -0.1) is 0 Å². The molecule has 0 spiro atoms. The van der Waals surface area contributed by atoms with Gasteiger partial charge in [-0.25, -0.2) is 4.79 Å². The zero-order valence-corrected chi connectivity index (χ0v) is 15.5. The van der Waals surface area contributed by atoms with Gasteiger partial charge in [0.15, 0.2) is 0 Å². The number of amides is 1. The van der Waals surface area contributed by atoms with E-state index in [2.05, 4.69) is 5.32 Å². The van der Waals surface area contributed by atoms with E-state index < -0.39 is 18.2 Å². The van der Waals surface area contributed by atoms with Gasteiger partial charge in [-0.2, -0.15) is 0 Å². The van der Waals surface area contributed by atoms with Gasteiger partial charge in [-0.05, 0) is 34.8 Å². The van der Waals surface area contributed by atoms with Gasteiger partial charge in [-0.1, -0.05) is 66.2 Å². The van der Waals surface area contributed by atoms with Crippen LogP contribution in [0.1, 0.15) is 17.5 Å². The Bertz CT molecular complexity index is 921. The third kappa shape index (κ3) is 3.09. The number of hydrogen-bond donors (Lipinski definition) is 2. The number of carboxylic acid groups (broad SMARTS) is 1. The Balaban J connectivity index is 1.90. The van der Waals surface area contributed by atoms with Crippen LogP contribution in [0.3, 0.4) is 0 Å². The lowest BCUT2D eigenvalue weighted by atomic mass is 9.83. The highest BCUT2D eigenvalue weighted by atomic mass is 16.7. The highest BCUT2D eigenvalue weighted by Crippen LogP contribution is 2.53. The molecule has 2 N–H and O–H groups in total. The van der Waals surface area contributed by atoms with E-state index in [1.165, 1.54) is 0 Å². The van der Waals surface area contributed by atoms with E-state index in [4.69, 9.17) is 4.74 Å². The van der Waals surface area contributed by atoms with Crippen LogP contribution in [0.4, 0.5) is 4.79 Å². The minimum atomic E-state index is -1.33. The highest BCUT2D eigenvalue weighted by molar-refractivity contribution is 5.89. The Labute approximate surface area is 163 Å². The van der Waals surface area contributed by atoms with Crippen molar-refractivity contribution in [1.82, 2.24) is 5.32 Å². The van der Waals surface area contributed by atoms with Crippen molar-refractivity contribution in [2.45, 2.75) is 12.5 Å². The van der Waals surface area contributed by atoms with E-state index in [0.29, 0.717) is 6.42 Å². The standard InChI is InChI=1S/C23H21NO4/c1-24-22(25)20-16-12-17(21(20)18(13-16)28-23(26)27)19(14-8-4-2-5-9-14)15-10-6-3-7-11-15/h2-11,13,18,20-21H,12H2,1H3,(H,24,25)(H,26,27). The summed E-state index contributed by atoms with van der Waals surface area (Å²) in [4.78, 5) is 23.8. The minimum Gasteiger partial charge on any atom is -0.450 e. The second-order valence-electron chi connectivity index (χ2n) is 7.02. The van der Waals surface area contributed by atoms with Crippen molar-refractivity contribution in [1.29, 1.82) is 0 Å². The normalized spacial score (nSPS) is 22.5. The van der Waals surface area contributed by atoms with Crippen molar-refractivity contribution >= 4 is 17.6 Å². The Morgan fingerprint density at radius 2 is 1.57 bits per heavy atom. The molecule has 5 heteroatoms. The molecule has 28 heavy (non-hydrogen) atoms. The molecule has 4 rings (SSSR count). The van der Waals surface area contributed by atoms with Crippen LogP contribution in [0.25, 0.3) is 5.57 Å². The van der Waals surface area contributed by atoms with Gasteiger partial charge < -0.3 is 15.2 Å². The number of carbonyl (C=O) groups is 2. The van der Waals surface area contributed by atoms with Crippen molar-refractivity contribution in [3.05, 3.63) is 89.0 Å². The van der Waals surface area contributed by atoms with E-state index in [1.807, 2.05) is 60.7 Å². The van der Waals surface area contributed by atoms with Crippen molar-refractivity contribution < 1.29 is 19.4 Å². The van der Waals surface area contributed by atoms with Gasteiger partial charge in [0.2, 0.25) is 5.91 Å². The SMILES string of the molecule is CNC(=O)C1C2=CC(OC(=O)O)C1C(=C(c1ccccc1)c1ccccc1)C2. The maximum Gasteiger partial charge on any atom is 0.506 e. The van der Waals surface area contributed by atoms with Gasteiger partial charge in [0.25, 0.3) is 0 Å². The minimum absolute atomic E-state index is 0.108. The largest absolute Gasteiger partial charge is 0.506 e. The fraction of sp³-hybridized carbons (Fsp3) is 0.217. The van der Waals surface area contributed by atoms with Gasteiger partial charge in [-0.3, -0.25) is 4.79 Å². The van der Waals surface area contributed by atoms with E-state index in [9.17, 15) is 14.7 Å². The summed E-state index contributed by atoms with van der Waals surface area (Å²) in [6.07, 6.45) is 0.461. The van der Waals surface area contributed by atoms with Gasteiger partial charge >= 0.3 is 6.16 Å². The number of nitrogens with one attached hydrogen (secondary N) is 1. The molecule has 3 unspecified atom stereocenters. The fourth-order valence-corrected chi connectivity index (χ4v) is 4.46. The Morgan fingerprint density at radius 3 is 2.07 bits per heavy atom. The average Bonchev–Trinajstić information content (AvgIpc) is 3.23. The molecule has 2 aromatic carbocycles. The van der Waals surface area contributed by atoms with E-state index in [-0.39, 0.29) is 11.8 Å². The van der Waals surface area contributed by atoms with Gasteiger partial charge in [0, 0.05) is 13.0 Å². The number of benzene rings is 2. The molecule has 0 heterocycles. The van der Waals surface area contributed by atoms with Gasteiger partial charge in [0.05, 0.1) is 5.92 Å². The Hall–Kier alpha value is -3.34. The summed E-state index contributed by atoms with van der Waals surface area (Å²) in [6, 6.07) is 20.0. The summed E-state index contributed by atoms with van der Waals surface area (Å²) in [5, 5.41) is 11.9. The summed E-state index contributed by atoms with van der Waals surface area (Å²) < 4.78 is 5.15. The molecule has 0 aromatic heterocycles. The second-order valence-corrected chi connectivity index (χ2v) is 7.02. The molecule has 142 valence electrons. The molecule has 0 aliphatic heterocycles. The van der Waals surface area contributed by atoms with Crippen LogP contribution in [0.2, 0.25) is 0 Å². The lowest BCUT2D eigenvalue weighted by Crippen LogP contribution is -2.34. The molecular formula is C23H21NO4. The third-order valence-electron chi connectivity index (χ3n) is 5.50. The molecule has 0 radical (unpaired) electrons. The van der Waals surface area contributed by atoms with Crippen LogP contribution in [0.15, 0.2) is 77.9 Å². The van der Waals surface area contributed by atoms with E-state index in [0.717, 1.165) is 27.8 Å². The zero-order valence-electron chi connectivity index (χ0n) is 15.5. The number of carbonyl (C=O) groups excluding carboxylic acids is 1. The van der Waals surface area contributed by atoms with Crippen LogP contribution < -0.4 is 5.32 Å². The van der Waals surface area contributed by atoms with Crippen molar-refractivity contribution in [2.24, 2.45) is 11.8 Å². The first kappa shape index (κ1) is 18.0. The quantitative estimate of drug-likeness (QED) is 0.628. The highest BCUT2D eigenvalue weighted by Gasteiger charge is 2.51. The van der Waals surface area contributed by atoms with Crippen molar-refractivity contribution in [3.8, 4) is 0 Å². The first-order valence-corrected chi connectivity index (χ1v) is 9.25. The van der Waals surface area contributed by atoms with Crippen LogP contribution in [-0.4, -0.2) is 30.3 Å². The maximum absolute atomic E-state index is 12.6. The summed E-state index contributed by atoms with van der Waals surface area (Å²) in [7, 11) is 1.60. The van der Waals surface area contributed by atoms with Crippen LogP contribution >= 0.6 is 0 Å². The van der Waals surface area contributed by atoms with Crippen LogP contribution in [0, 0.1) is 11.8 Å². The molecule has 2 aromatic rings. The summed E-state index contributed by atoms with van der Waals surface area (Å²) in [5.41, 5.74) is 5.11. The Morgan fingerprint density at radius 1 is 1.00 bits per heavy atom. The first-order valence-electron chi connectivity index (χ1n) is 9.25. The number of rotatable bonds is 4. The summed E-state index contributed by atoms with van der Waals surface area (Å²) in [6.45, 7) is 0. The van der Waals surface area contributed by atoms with E-state index >= 15 is 0 Å². The lowest BCUT2D eigenvalue weighted by molar-refractivity contribution is -0.124. The van der Waals surface area contributed by atoms with Crippen molar-refractivity contribution in [2.75, 3.05) is 7.05 Å². The number of hydrogen-bond acceptors (Lipinski definition) is 3. The smallest absolute Gasteiger partial charge is 0.450 e. The molecular weight excluding hydrogens is 354 g/mol. The second kappa shape index (κ2) is 7.35. The molecule has 3 atom stereocenters. The Kier molecular flexibility index (Phi) is 4.74. The molecule has 1 fully saturated rings. The molecule has 0 saturated heterocycles. The van der Waals surface area contributed by atoms with Crippen molar-refractivity contribution in [3.63, 3.8) is 0 Å². The summed E-state index contributed by atoms with van der Waals surface area (Å²) in [5.74, 6) is -0.837. The molecule has 2 aliphatic rings. The third-order valence-corrected chi connectivity index (χ3v) is 5.50. The average molecular weight is 375 g/mol. The molecule has 2 bridgehead atoms. The lowest BCUT2D eigenvalue weighted by Gasteiger charge is -2.25. The topological polar surface area (TPSA) is 75.6 Å². The molecule has 1 amide bonds. The van der Waals surface area contributed by atoms with E-state index in [1.54, 1.807) is 13.1 Å². The molecule has 5 nitrogen and oxygen atoms in total. The number of ether oxygens (including phenoxy) is 1. The first-order chi connectivity index (χ1) is 13.6. The maximum atomic E-state index is 12.6. The summed E-state index contributed by atoms with van der Waals surface area (Å²) >= 11 is 0. The zero-order chi connectivity index (χ0) is 19.7. The fourth-order valence-electron chi connectivity index (χ4n) is 4.46. The number of fused-ring (bicyclic) bond motifs is 2.